The van der Waals surface area contributed by atoms with Gasteiger partial charge in [0.15, 0.2) is 0 Å². The van der Waals surface area contributed by atoms with E-state index in [2.05, 4.69) is 15.6 Å². The maximum atomic E-state index is 13.3. The summed E-state index contributed by atoms with van der Waals surface area (Å²) >= 11 is 6.23. The summed E-state index contributed by atoms with van der Waals surface area (Å²) in [7, 11) is 0. The van der Waals surface area contributed by atoms with Crippen molar-refractivity contribution in [3.8, 4) is 0 Å². The topological polar surface area (TPSA) is 86.9 Å². The molecule has 174 valence electrons. The standard InChI is InChI=1S/C27H27ClN4O2/c1-15-8-6-7-9-19(15)24(33)30-18-12-20(23-22(14-18)31-26(32-23)27(3,4)5)25(34)29-17-11-10-16(2)21(28)13-17/h6-14H,1-5H3,(H,29,34)(H,30,33)(H,31,32). The fourth-order valence-corrected chi connectivity index (χ4v) is 3.79. The molecule has 7 heteroatoms. The minimum absolute atomic E-state index is 0.246. The summed E-state index contributed by atoms with van der Waals surface area (Å²) in [5.41, 5.74) is 4.74. The summed E-state index contributed by atoms with van der Waals surface area (Å²) in [6.07, 6.45) is 0. The molecule has 6 nitrogen and oxygen atoms in total. The van der Waals surface area contributed by atoms with Gasteiger partial charge in [0.05, 0.1) is 11.1 Å². The molecule has 0 unspecified atom stereocenters. The third-order valence-electron chi connectivity index (χ3n) is 5.62. The summed E-state index contributed by atoms with van der Waals surface area (Å²) in [6.45, 7) is 9.91. The van der Waals surface area contributed by atoms with Crippen molar-refractivity contribution in [2.75, 3.05) is 10.6 Å². The maximum absolute atomic E-state index is 13.3. The first kappa shape index (κ1) is 23.5. The van der Waals surface area contributed by atoms with Gasteiger partial charge in [0.25, 0.3) is 11.8 Å². The van der Waals surface area contributed by atoms with E-state index in [0.717, 1.165) is 17.0 Å². The van der Waals surface area contributed by atoms with Gasteiger partial charge in [0, 0.05) is 27.4 Å². The zero-order valence-electron chi connectivity index (χ0n) is 19.8. The molecule has 2 amide bonds. The van der Waals surface area contributed by atoms with Gasteiger partial charge in [0.1, 0.15) is 11.3 Å². The molecule has 34 heavy (non-hydrogen) atoms. The largest absolute Gasteiger partial charge is 0.341 e. The van der Waals surface area contributed by atoms with Crippen LogP contribution in [0.4, 0.5) is 11.4 Å². The molecular weight excluding hydrogens is 448 g/mol. The zero-order chi connectivity index (χ0) is 24.6. The molecule has 0 radical (unpaired) electrons. The average Bonchev–Trinajstić information content (AvgIpc) is 3.21. The normalized spacial score (nSPS) is 11.5. The Bertz CT molecular complexity index is 1420. The predicted molar refractivity (Wildman–Crippen MR) is 138 cm³/mol. The number of aryl methyl sites for hydroxylation is 2. The lowest BCUT2D eigenvalue weighted by molar-refractivity contribution is 0.101. The van der Waals surface area contributed by atoms with E-state index in [1.54, 1.807) is 30.3 Å². The maximum Gasteiger partial charge on any atom is 0.258 e. The number of nitrogens with one attached hydrogen (secondary N) is 3. The Morgan fingerprint density at radius 3 is 2.21 bits per heavy atom. The van der Waals surface area contributed by atoms with Crippen LogP contribution in [0.2, 0.25) is 5.02 Å². The number of hydrogen-bond acceptors (Lipinski definition) is 3. The van der Waals surface area contributed by atoms with Crippen LogP contribution in [0.3, 0.4) is 0 Å². The monoisotopic (exact) mass is 474 g/mol. The Kier molecular flexibility index (Phi) is 6.19. The van der Waals surface area contributed by atoms with Crippen molar-refractivity contribution in [1.29, 1.82) is 0 Å². The Hall–Kier alpha value is -3.64. The highest BCUT2D eigenvalue weighted by Gasteiger charge is 2.23. The van der Waals surface area contributed by atoms with Crippen molar-refractivity contribution in [1.82, 2.24) is 9.97 Å². The number of aromatic amines is 1. The third kappa shape index (κ3) is 4.82. The van der Waals surface area contributed by atoms with Crippen molar-refractivity contribution < 1.29 is 9.59 Å². The first-order valence-electron chi connectivity index (χ1n) is 11.0. The molecule has 0 atom stereocenters. The molecule has 3 aromatic carbocycles. The molecule has 1 heterocycles. The quantitative estimate of drug-likeness (QED) is 0.310. The van der Waals surface area contributed by atoms with Crippen molar-refractivity contribution in [3.63, 3.8) is 0 Å². The molecule has 4 aromatic rings. The second-order valence-electron chi connectivity index (χ2n) is 9.44. The lowest BCUT2D eigenvalue weighted by atomic mass is 9.96. The van der Waals surface area contributed by atoms with Gasteiger partial charge in [-0.15, -0.1) is 0 Å². The Morgan fingerprint density at radius 1 is 0.853 bits per heavy atom. The SMILES string of the molecule is Cc1ccc(NC(=O)c2cc(NC(=O)c3ccccc3C)cc3[nH]c(C(C)(C)C)nc23)cc1Cl. The number of anilines is 2. The van der Waals surface area contributed by atoms with E-state index in [1.165, 1.54) is 0 Å². The van der Waals surface area contributed by atoms with E-state index in [-0.39, 0.29) is 17.2 Å². The van der Waals surface area contributed by atoms with Gasteiger partial charge in [-0.3, -0.25) is 9.59 Å². The first-order valence-corrected chi connectivity index (χ1v) is 11.4. The van der Waals surface area contributed by atoms with E-state index in [4.69, 9.17) is 16.6 Å². The second-order valence-corrected chi connectivity index (χ2v) is 9.85. The number of nitrogens with zero attached hydrogens (tertiary/aromatic N) is 1. The second kappa shape index (κ2) is 8.95. The van der Waals surface area contributed by atoms with Gasteiger partial charge in [0.2, 0.25) is 0 Å². The summed E-state index contributed by atoms with van der Waals surface area (Å²) in [4.78, 5) is 34.3. The number of rotatable bonds is 4. The first-order chi connectivity index (χ1) is 16.0. The Balaban J connectivity index is 1.75. The number of H-pyrrole nitrogens is 1. The molecular formula is C27H27ClN4O2. The fourth-order valence-electron chi connectivity index (χ4n) is 3.61. The summed E-state index contributed by atoms with van der Waals surface area (Å²) in [5.74, 6) is 0.158. The molecule has 0 aliphatic carbocycles. The lowest BCUT2D eigenvalue weighted by Crippen LogP contribution is -2.16. The molecule has 0 spiro atoms. The number of imidazole rings is 1. The van der Waals surface area contributed by atoms with Crippen LogP contribution < -0.4 is 10.6 Å². The van der Waals surface area contributed by atoms with E-state index in [1.807, 2.05) is 58.9 Å². The van der Waals surface area contributed by atoms with Gasteiger partial charge < -0.3 is 15.6 Å². The molecule has 0 saturated heterocycles. The van der Waals surface area contributed by atoms with Crippen molar-refractivity contribution in [3.05, 3.63) is 87.7 Å². The molecule has 1 aromatic heterocycles. The van der Waals surface area contributed by atoms with E-state index in [0.29, 0.717) is 38.6 Å². The minimum Gasteiger partial charge on any atom is -0.341 e. The molecule has 0 fully saturated rings. The van der Waals surface area contributed by atoms with E-state index in [9.17, 15) is 9.59 Å². The highest BCUT2D eigenvalue weighted by molar-refractivity contribution is 6.31. The highest BCUT2D eigenvalue weighted by atomic mass is 35.5. The molecule has 4 rings (SSSR count). The lowest BCUT2D eigenvalue weighted by Gasteiger charge is -2.13. The van der Waals surface area contributed by atoms with Crippen molar-refractivity contribution >= 4 is 45.8 Å². The minimum atomic E-state index is -0.344. The number of carbonyl (C=O) groups excluding carboxylic acids is 2. The number of aromatic nitrogens is 2. The molecule has 3 N–H and O–H groups in total. The number of benzene rings is 3. The summed E-state index contributed by atoms with van der Waals surface area (Å²) in [6, 6.07) is 16.2. The van der Waals surface area contributed by atoms with Crippen LogP contribution in [0.25, 0.3) is 11.0 Å². The average molecular weight is 475 g/mol. The van der Waals surface area contributed by atoms with Crippen molar-refractivity contribution in [2.24, 2.45) is 0 Å². The van der Waals surface area contributed by atoms with Crippen LogP contribution in [0.15, 0.2) is 54.6 Å². The molecule has 0 aliphatic rings. The van der Waals surface area contributed by atoms with Crippen molar-refractivity contribution in [2.45, 2.75) is 40.0 Å². The Labute approximate surface area is 203 Å². The fraction of sp³-hybridized carbons (Fsp3) is 0.222. The van der Waals surface area contributed by atoms with Gasteiger partial charge >= 0.3 is 0 Å². The Morgan fingerprint density at radius 2 is 1.53 bits per heavy atom. The summed E-state index contributed by atoms with van der Waals surface area (Å²) in [5, 5.41) is 6.39. The number of halogens is 1. The van der Waals surface area contributed by atoms with Crippen LogP contribution in [0.5, 0.6) is 0 Å². The van der Waals surface area contributed by atoms with Gasteiger partial charge in [-0.25, -0.2) is 4.98 Å². The molecule has 0 bridgehead atoms. The van der Waals surface area contributed by atoms with Crippen LogP contribution in [-0.4, -0.2) is 21.8 Å². The van der Waals surface area contributed by atoms with Gasteiger partial charge in [-0.1, -0.05) is 56.6 Å². The van der Waals surface area contributed by atoms with E-state index >= 15 is 0 Å². The number of carbonyl (C=O) groups is 2. The molecule has 0 saturated carbocycles. The van der Waals surface area contributed by atoms with Crippen LogP contribution >= 0.6 is 11.6 Å². The van der Waals surface area contributed by atoms with Crippen LogP contribution in [0.1, 0.15) is 58.4 Å². The number of amides is 2. The van der Waals surface area contributed by atoms with Gasteiger partial charge in [-0.2, -0.15) is 0 Å². The van der Waals surface area contributed by atoms with Crippen LogP contribution in [-0.2, 0) is 5.41 Å². The third-order valence-corrected chi connectivity index (χ3v) is 6.03. The predicted octanol–water partition coefficient (Wildman–Crippen LogP) is 6.64. The van der Waals surface area contributed by atoms with Crippen LogP contribution in [0, 0.1) is 13.8 Å². The highest BCUT2D eigenvalue weighted by Crippen LogP contribution is 2.29. The molecule has 0 aliphatic heterocycles. The van der Waals surface area contributed by atoms with E-state index < -0.39 is 0 Å². The smallest absolute Gasteiger partial charge is 0.258 e. The zero-order valence-corrected chi connectivity index (χ0v) is 20.6. The van der Waals surface area contributed by atoms with Gasteiger partial charge in [-0.05, 0) is 55.3 Å². The summed E-state index contributed by atoms with van der Waals surface area (Å²) < 4.78 is 0. The number of hydrogen-bond donors (Lipinski definition) is 3. The number of fused-ring (bicyclic) bond motifs is 1.